The molecule has 1 unspecified atom stereocenters. The Hall–Kier alpha value is -1.19. The van der Waals surface area contributed by atoms with Crippen molar-refractivity contribution in [1.29, 1.82) is 0 Å². The fourth-order valence-corrected chi connectivity index (χ4v) is 2.70. The molecule has 1 fully saturated rings. The monoisotopic (exact) mass is 261 g/mol. The van der Waals surface area contributed by atoms with Crippen molar-refractivity contribution >= 4 is 6.29 Å². The molecule has 1 heterocycles. The van der Waals surface area contributed by atoms with E-state index in [9.17, 15) is 4.79 Å². The summed E-state index contributed by atoms with van der Waals surface area (Å²) in [6, 6.07) is 10.4. The summed E-state index contributed by atoms with van der Waals surface area (Å²) in [5.41, 5.74) is 0.991. The van der Waals surface area contributed by atoms with E-state index in [0.717, 1.165) is 45.4 Å². The first-order chi connectivity index (χ1) is 9.28. The van der Waals surface area contributed by atoms with Gasteiger partial charge in [-0.15, -0.1) is 0 Å². The molecule has 19 heavy (non-hydrogen) atoms. The van der Waals surface area contributed by atoms with Gasteiger partial charge in [0, 0.05) is 19.7 Å². The molecule has 1 atom stereocenters. The topological polar surface area (TPSA) is 29.5 Å². The zero-order valence-corrected chi connectivity index (χ0v) is 11.7. The average molecular weight is 261 g/mol. The average Bonchev–Trinajstić information content (AvgIpc) is 2.48. The number of rotatable bonds is 6. The van der Waals surface area contributed by atoms with Crippen molar-refractivity contribution in [2.75, 3.05) is 26.3 Å². The fourth-order valence-electron chi connectivity index (χ4n) is 2.70. The lowest BCUT2D eigenvalue weighted by Crippen LogP contribution is -2.44. The van der Waals surface area contributed by atoms with Gasteiger partial charge in [-0.05, 0) is 24.9 Å². The Kier molecular flexibility index (Phi) is 5.11. The van der Waals surface area contributed by atoms with Gasteiger partial charge in [-0.1, -0.05) is 37.3 Å². The van der Waals surface area contributed by atoms with Gasteiger partial charge in [-0.2, -0.15) is 0 Å². The van der Waals surface area contributed by atoms with Crippen LogP contribution in [0.25, 0.3) is 0 Å². The van der Waals surface area contributed by atoms with E-state index >= 15 is 0 Å². The van der Waals surface area contributed by atoms with Crippen molar-refractivity contribution in [2.24, 2.45) is 5.41 Å². The lowest BCUT2D eigenvalue weighted by atomic mass is 9.83. The quantitative estimate of drug-likeness (QED) is 0.737. The van der Waals surface area contributed by atoms with Crippen LogP contribution in [0.4, 0.5) is 0 Å². The number of hydrogen-bond acceptors (Lipinski definition) is 3. The van der Waals surface area contributed by atoms with Crippen LogP contribution in [0, 0.1) is 5.41 Å². The maximum absolute atomic E-state index is 11.5. The van der Waals surface area contributed by atoms with E-state index < -0.39 is 0 Å². The molecule has 0 saturated carbocycles. The van der Waals surface area contributed by atoms with E-state index in [4.69, 9.17) is 4.74 Å². The smallest absolute Gasteiger partial charge is 0.129 e. The van der Waals surface area contributed by atoms with Crippen molar-refractivity contribution in [2.45, 2.75) is 26.3 Å². The van der Waals surface area contributed by atoms with Crippen LogP contribution >= 0.6 is 0 Å². The lowest BCUT2D eigenvalue weighted by Gasteiger charge is -2.36. The molecule has 1 aliphatic rings. The summed E-state index contributed by atoms with van der Waals surface area (Å²) in [4.78, 5) is 13.8. The third-order valence-electron chi connectivity index (χ3n) is 3.84. The van der Waals surface area contributed by atoms with Crippen LogP contribution in [-0.4, -0.2) is 37.5 Å². The Labute approximate surface area is 115 Å². The summed E-state index contributed by atoms with van der Waals surface area (Å²) in [7, 11) is 0. The normalized spacial score (nSPS) is 23.5. The molecule has 1 aliphatic heterocycles. The van der Waals surface area contributed by atoms with Crippen LogP contribution in [0.3, 0.4) is 0 Å². The number of carbonyl (C=O) groups excluding carboxylic acids is 1. The van der Waals surface area contributed by atoms with E-state index in [1.54, 1.807) is 0 Å². The molecule has 0 bridgehead atoms. The summed E-state index contributed by atoms with van der Waals surface area (Å²) < 4.78 is 5.51. The molecule has 2 rings (SSSR count). The lowest BCUT2D eigenvalue weighted by molar-refractivity contribution is -0.125. The highest BCUT2D eigenvalue weighted by Gasteiger charge is 2.34. The predicted octanol–water partition coefficient (Wildman–Crippen LogP) is 2.50. The van der Waals surface area contributed by atoms with Gasteiger partial charge in [0.1, 0.15) is 6.29 Å². The van der Waals surface area contributed by atoms with Crippen molar-refractivity contribution in [3.8, 4) is 0 Å². The largest absolute Gasteiger partial charge is 0.380 e. The summed E-state index contributed by atoms with van der Waals surface area (Å²) >= 11 is 0. The first kappa shape index (κ1) is 14.2. The predicted molar refractivity (Wildman–Crippen MR) is 75.9 cm³/mol. The zero-order valence-electron chi connectivity index (χ0n) is 11.7. The highest BCUT2D eigenvalue weighted by atomic mass is 16.5. The minimum Gasteiger partial charge on any atom is -0.380 e. The Bertz CT molecular complexity index is 385. The molecular weight excluding hydrogens is 238 g/mol. The first-order valence-electron chi connectivity index (χ1n) is 7.08. The molecule has 0 amide bonds. The van der Waals surface area contributed by atoms with Gasteiger partial charge < -0.3 is 9.53 Å². The summed E-state index contributed by atoms with van der Waals surface area (Å²) in [5, 5.41) is 0. The number of aldehydes is 1. The summed E-state index contributed by atoms with van der Waals surface area (Å²) in [6.45, 7) is 6.15. The third-order valence-corrected chi connectivity index (χ3v) is 3.84. The third kappa shape index (κ3) is 3.88. The maximum Gasteiger partial charge on any atom is 0.129 e. The molecule has 0 radical (unpaired) electrons. The van der Waals surface area contributed by atoms with E-state index in [1.807, 2.05) is 6.07 Å². The van der Waals surface area contributed by atoms with Crippen LogP contribution < -0.4 is 0 Å². The van der Waals surface area contributed by atoms with Crippen LogP contribution in [0.15, 0.2) is 30.3 Å². The zero-order chi connectivity index (χ0) is 13.6. The van der Waals surface area contributed by atoms with Gasteiger partial charge in [0.2, 0.25) is 0 Å². The first-order valence-corrected chi connectivity index (χ1v) is 7.08. The molecule has 3 nitrogen and oxygen atoms in total. The van der Waals surface area contributed by atoms with Crippen LogP contribution in [0.1, 0.15) is 25.3 Å². The Morgan fingerprint density at radius 3 is 2.74 bits per heavy atom. The van der Waals surface area contributed by atoms with Gasteiger partial charge in [-0.25, -0.2) is 0 Å². The molecule has 104 valence electrons. The SMILES string of the molecule is CCN(Cc1ccccc1)CC1(C=O)CCCOC1. The van der Waals surface area contributed by atoms with Gasteiger partial charge >= 0.3 is 0 Å². The Balaban J connectivity index is 1.99. The Morgan fingerprint density at radius 2 is 2.16 bits per heavy atom. The molecule has 0 N–H and O–H groups in total. The highest BCUT2D eigenvalue weighted by molar-refractivity contribution is 5.60. The molecule has 0 spiro atoms. The van der Waals surface area contributed by atoms with Crippen molar-refractivity contribution in [3.05, 3.63) is 35.9 Å². The Morgan fingerprint density at radius 1 is 1.37 bits per heavy atom. The van der Waals surface area contributed by atoms with Crippen LogP contribution in [0.2, 0.25) is 0 Å². The molecule has 0 aromatic heterocycles. The number of nitrogens with zero attached hydrogens (tertiary/aromatic N) is 1. The maximum atomic E-state index is 11.5. The van der Waals surface area contributed by atoms with Gasteiger partial charge in [0.15, 0.2) is 0 Å². The molecule has 1 aromatic carbocycles. The van der Waals surface area contributed by atoms with Gasteiger partial charge in [0.05, 0.1) is 12.0 Å². The van der Waals surface area contributed by atoms with Gasteiger partial charge in [0.25, 0.3) is 0 Å². The van der Waals surface area contributed by atoms with Crippen molar-refractivity contribution in [1.82, 2.24) is 4.90 Å². The van der Waals surface area contributed by atoms with Crippen LogP contribution in [-0.2, 0) is 16.1 Å². The second kappa shape index (κ2) is 6.83. The second-order valence-electron chi connectivity index (χ2n) is 5.43. The summed E-state index contributed by atoms with van der Waals surface area (Å²) in [5.74, 6) is 0. The molecule has 0 aliphatic carbocycles. The van der Waals surface area contributed by atoms with E-state index in [1.165, 1.54) is 5.56 Å². The minimum atomic E-state index is -0.303. The molecule has 1 saturated heterocycles. The number of hydrogen-bond donors (Lipinski definition) is 0. The van der Waals surface area contributed by atoms with Crippen LogP contribution in [0.5, 0.6) is 0 Å². The standard InChI is InChI=1S/C16H23NO2/c1-2-17(11-15-7-4-3-5-8-15)12-16(13-18)9-6-10-19-14-16/h3-5,7-8,13H,2,6,9-12,14H2,1H3. The van der Waals surface area contributed by atoms with E-state index in [-0.39, 0.29) is 5.41 Å². The minimum absolute atomic E-state index is 0.303. The van der Waals surface area contributed by atoms with E-state index in [0.29, 0.717) is 6.61 Å². The molecular formula is C16H23NO2. The van der Waals surface area contributed by atoms with Crippen molar-refractivity contribution in [3.63, 3.8) is 0 Å². The fraction of sp³-hybridized carbons (Fsp3) is 0.562. The molecule has 1 aromatic rings. The number of benzene rings is 1. The van der Waals surface area contributed by atoms with Crippen molar-refractivity contribution < 1.29 is 9.53 Å². The summed E-state index contributed by atoms with van der Waals surface area (Å²) in [6.07, 6.45) is 3.04. The number of carbonyl (C=O) groups is 1. The van der Waals surface area contributed by atoms with E-state index in [2.05, 4.69) is 36.1 Å². The highest BCUT2D eigenvalue weighted by Crippen LogP contribution is 2.28. The van der Waals surface area contributed by atoms with Gasteiger partial charge in [-0.3, -0.25) is 4.90 Å². The molecule has 3 heteroatoms. The number of ether oxygens (including phenoxy) is 1. The second-order valence-corrected chi connectivity index (χ2v) is 5.43.